The fourth-order valence-electron chi connectivity index (χ4n) is 2.50. The molecule has 0 radical (unpaired) electrons. The van der Waals surface area contributed by atoms with E-state index < -0.39 is 0 Å². The van der Waals surface area contributed by atoms with Gasteiger partial charge in [0.1, 0.15) is 0 Å². The Balaban J connectivity index is 2.48. The Kier molecular flexibility index (Phi) is 6.32. The molecule has 1 atom stereocenters. The van der Waals surface area contributed by atoms with Crippen LogP contribution >= 0.6 is 0 Å². The molecule has 0 saturated carbocycles. The molecule has 0 amide bonds. The van der Waals surface area contributed by atoms with Gasteiger partial charge in [0.05, 0.1) is 6.61 Å². The highest BCUT2D eigenvalue weighted by Crippen LogP contribution is 2.29. The first-order chi connectivity index (χ1) is 7.76. The van der Waals surface area contributed by atoms with Crippen molar-refractivity contribution in [3.8, 4) is 0 Å². The standard InChI is InChI=1S/C13H28N2O/c1-4-8-15(6-3)11-13(10-14-5-2)7-9-16-12-13/h14H,4-12H2,1-3H3. The molecule has 0 aromatic carbocycles. The molecule has 1 rings (SSSR count). The normalized spacial score (nSPS) is 25.5. The largest absolute Gasteiger partial charge is 0.381 e. The summed E-state index contributed by atoms with van der Waals surface area (Å²) in [7, 11) is 0. The Morgan fingerprint density at radius 2 is 2.12 bits per heavy atom. The highest BCUT2D eigenvalue weighted by atomic mass is 16.5. The first-order valence-corrected chi connectivity index (χ1v) is 6.77. The molecule has 1 N–H and O–H groups in total. The number of rotatable bonds is 8. The maximum absolute atomic E-state index is 5.61. The Labute approximate surface area is 101 Å². The number of nitrogens with zero attached hydrogens (tertiary/aromatic N) is 1. The Bertz CT molecular complexity index is 179. The first-order valence-electron chi connectivity index (χ1n) is 6.77. The summed E-state index contributed by atoms with van der Waals surface area (Å²) in [6.45, 7) is 14.3. The maximum atomic E-state index is 5.61. The minimum Gasteiger partial charge on any atom is -0.381 e. The molecule has 1 aliphatic heterocycles. The average Bonchev–Trinajstić information content (AvgIpc) is 2.75. The zero-order valence-electron chi connectivity index (χ0n) is 11.2. The highest BCUT2D eigenvalue weighted by molar-refractivity contribution is 4.88. The monoisotopic (exact) mass is 228 g/mol. The van der Waals surface area contributed by atoms with Gasteiger partial charge in [-0.05, 0) is 32.5 Å². The summed E-state index contributed by atoms with van der Waals surface area (Å²) in [6, 6.07) is 0. The molecule has 1 heterocycles. The van der Waals surface area contributed by atoms with Crippen LogP contribution in [-0.2, 0) is 4.74 Å². The van der Waals surface area contributed by atoms with Crippen LogP contribution in [0.4, 0.5) is 0 Å². The fraction of sp³-hybridized carbons (Fsp3) is 1.00. The van der Waals surface area contributed by atoms with Gasteiger partial charge in [0.2, 0.25) is 0 Å². The predicted molar refractivity (Wildman–Crippen MR) is 68.8 cm³/mol. The zero-order chi connectivity index (χ0) is 11.9. The summed E-state index contributed by atoms with van der Waals surface area (Å²) in [4.78, 5) is 2.56. The lowest BCUT2D eigenvalue weighted by atomic mass is 9.86. The third kappa shape index (κ3) is 4.04. The van der Waals surface area contributed by atoms with Gasteiger partial charge < -0.3 is 15.0 Å². The smallest absolute Gasteiger partial charge is 0.0547 e. The minimum absolute atomic E-state index is 0.362. The van der Waals surface area contributed by atoms with Gasteiger partial charge in [-0.15, -0.1) is 0 Å². The molecule has 0 aliphatic carbocycles. The van der Waals surface area contributed by atoms with Gasteiger partial charge in [-0.25, -0.2) is 0 Å². The first kappa shape index (κ1) is 13.9. The van der Waals surface area contributed by atoms with Gasteiger partial charge in [-0.3, -0.25) is 0 Å². The van der Waals surface area contributed by atoms with Crippen LogP contribution in [0.5, 0.6) is 0 Å². The second-order valence-corrected chi connectivity index (χ2v) is 4.95. The van der Waals surface area contributed by atoms with E-state index in [2.05, 4.69) is 31.0 Å². The Hall–Kier alpha value is -0.120. The van der Waals surface area contributed by atoms with Crippen molar-refractivity contribution >= 4 is 0 Å². The third-order valence-corrected chi connectivity index (χ3v) is 3.48. The number of ether oxygens (including phenoxy) is 1. The molecule has 0 bridgehead atoms. The van der Waals surface area contributed by atoms with Gasteiger partial charge >= 0.3 is 0 Å². The van der Waals surface area contributed by atoms with E-state index in [4.69, 9.17) is 4.74 Å². The number of nitrogens with one attached hydrogen (secondary N) is 1. The van der Waals surface area contributed by atoms with Crippen LogP contribution in [0.25, 0.3) is 0 Å². The van der Waals surface area contributed by atoms with Gasteiger partial charge in [-0.1, -0.05) is 20.8 Å². The van der Waals surface area contributed by atoms with E-state index in [0.717, 1.165) is 32.8 Å². The van der Waals surface area contributed by atoms with Crippen molar-refractivity contribution in [2.75, 3.05) is 45.9 Å². The van der Waals surface area contributed by atoms with Gasteiger partial charge in [0, 0.05) is 25.1 Å². The summed E-state index contributed by atoms with van der Waals surface area (Å²) >= 11 is 0. The minimum atomic E-state index is 0.362. The van der Waals surface area contributed by atoms with E-state index in [1.165, 1.54) is 25.9 Å². The van der Waals surface area contributed by atoms with Crippen LogP contribution in [0, 0.1) is 5.41 Å². The van der Waals surface area contributed by atoms with Crippen LogP contribution in [0.1, 0.15) is 33.6 Å². The quantitative estimate of drug-likeness (QED) is 0.685. The molecule has 0 aromatic rings. The molecular formula is C13H28N2O. The topological polar surface area (TPSA) is 24.5 Å². The van der Waals surface area contributed by atoms with Crippen LogP contribution in [-0.4, -0.2) is 50.8 Å². The molecule has 1 unspecified atom stereocenters. The molecule has 3 nitrogen and oxygen atoms in total. The van der Waals surface area contributed by atoms with E-state index in [9.17, 15) is 0 Å². The summed E-state index contributed by atoms with van der Waals surface area (Å²) in [5, 5.41) is 3.50. The average molecular weight is 228 g/mol. The van der Waals surface area contributed by atoms with Gasteiger partial charge in [-0.2, -0.15) is 0 Å². The van der Waals surface area contributed by atoms with Crippen LogP contribution in [0.3, 0.4) is 0 Å². The van der Waals surface area contributed by atoms with Crippen LogP contribution in [0.15, 0.2) is 0 Å². The van der Waals surface area contributed by atoms with Gasteiger partial charge in [0.15, 0.2) is 0 Å². The van der Waals surface area contributed by atoms with Crippen molar-refractivity contribution in [2.24, 2.45) is 5.41 Å². The summed E-state index contributed by atoms with van der Waals surface area (Å²) < 4.78 is 5.61. The lowest BCUT2D eigenvalue weighted by molar-refractivity contribution is 0.111. The molecular weight excluding hydrogens is 200 g/mol. The second-order valence-electron chi connectivity index (χ2n) is 4.95. The summed E-state index contributed by atoms with van der Waals surface area (Å²) in [6.07, 6.45) is 2.45. The fourth-order valence-corrected chi connectivity index (χ4v) is 2.50. The van der Waals surface area contributed by atoms with Crippen molar-refractivity contribution in [1.82, 2.24) is 10.2 Å². The van der Waals surface area contributed by atoms with Crippen molar-refractivity contribution in [3.63, 3.8) is 0 Å². The summed E-state index contributed by atoms with van der Waals surface area (Å²) in [5.41, 5.74) is 0.362. The lowest BCUT2D eigenvalue weighted by Gasteiger charge is -2.34. The van der Waals surface area contributed by atoms with Gasteiger partial charge in [0.25, 0.3) is 0 Å². The number of hydrogen-bond donors (Lipinski definition) is 1. The second kappa shape index (κ2) is 7.25. The van der Waals surface area contributed by atoms with Crippen molar-refractivity contribution < 1.29 is 4.74 Å². The molecule has 1 aliphatic rings. The predicted octanol–water partition coefficient (Wildman–Crippen LogP) is 1.73. The molecule has 1 saturated heterocycles. The summed E-state index contributed by atoms with van der Waals surface area (Å²) in [5.74, 6) is 0. The molecule has 0 spiro atoms. The van der Waals surface area contributed by atoms with E-state index in [1.54, 1.807) is 0 Å². The molecule has 16 heavy (non-hydrogen) atoms. The Morgan fingerprint density at radius 1 is 1.31 bits per heavy atom. The van der Waals surface area contributed by atoms with Crippen LogP contribution < -0.4 is 5.32 Å². The zero-order valence-corrected chi connectivity index (χ0v) is 11.2. The van der Waals surface area contributed by atoms with Crippen LogP contribution in [0.2, 0.25) is 0 Å². The Morgan fingerprint density at radius 3 is 2.62 bits per heavy atom. The van der Waals surface area contributed by atoms with Crippen molar-refractivity contribution in [3.05, 3.63) is 0 Å². The molecule has 3 heteroatoms. The third-order valence-electron chi connectivity index (χ3n) is 3.48. The van der Waals surface area contributed by atoms with E-state index in [1.807, 2.05) is 0 Å². The number of hydrogen-bond acceptors (Lipinski definition) is 3. The maximum Gasteiger partial charge on any atom is 0.0547 e. The van der Waals surface area contributed by atoms with Crippen molar-refractivity contribution in [2.45, 2.75) is 33.6 Å². The van der Waals surface area contributed by atoms with E-state index in [-0.39, 0.29) is 0 Å². The SMILES string of the molecule is CCCN(CC)CC1(CNCC)CCOC1. The highest BCUT2D eigenvalue weighted by Gasteiger charge is 2.35. The molecule has 0 aromatic heterocycles. The van der Waals surface area contributed by atoms with E-state index >= 15 is 0 Å². The van der Waals surface area contributed by atoms with E-state index in [0.29, 0.717) is 5.41 Å². The van der Waals surface area contributed by atoms with Crippen molar-refractivity contribution in [1.29, 1.82) is 0 Å². The lowest BCUT2D eigenvalue weighted by Crippen LogP contribution is -2.45. The molecule has 1 fully saturated rings. The molecule has 96 valence electrons.